The van der Waals surface area contributed by atoms with Crippen LogP contribution in [-0.4, -0.2) is 13.1 Å². The van der Waals surface area contributed by atoms with E-state index in [1.54, 1.807) is 0 Å². The molecule has 0 amide bonds. The molecule has 0 aliphatic rings. The molecular formula is C17H20ClN. The highest BCUT2D eigenvalue weighted by atomic mass is 35.5. The van der Waals surface area contributed by atoms with Crippen molar-refractivity contribution < 1.29 is 0 Å². The molecular weight excluding hydrogens is 254 g/mol. The molecule has 2 heteroatoms. The van der Waals surface area contributed by atoms with Crippen LogP contribution in [-0.2, 0) is 12.8 Å². The second kappa shape index (κ2) is 7.32. The van der Waals surface area contributed by atoms with Crippen LogP contribution in [0.25, 0.3) is 0 Å². The number of aryl methyl sites for hydroxylation is 1. The average molecular weight is 274 g/mol. The number of rotatable bonds is 6. The molecule has 0 saturated carbocycles. The van der Waals surface area contributed by atoms with E-state index in [-0.39, 0.29) is 0 Å². The topological polar surface area (TPSA) is 12.0 Å². The summed E-state index contributed by atoms with van der Waals surface area (Å²) < 4.78 is 0. The van der Waals surface area contributed by atoms with Crippen molar-refractivity contribution in [3.8, 4) is 0 Å². The third-order valence-electron chi connectivity index (χ3n) is 3.46. The largest absolute Gasteiger partial charge is 0.317 e. The number of hydrogen-bond acceptors (Lipinski definition) is 1. The summed E-state index contributed by atoms with van der Waals surface area (Å²) in [7, 11) is 2.02. The zero-order chi connectivity index (χ0) is 13.5. The van der Waals surface area contributed by atoms with E-state index >= 15 is 0 Å². The maximum absolute atomic E-state index is 6.21. The van der Waals surface area contributed by atoms with Gasteiger partial charge in [0.05, 0.1) is 0 Å². The standard InChI is InChI=1S/C17H20ClN/c1-19-16(12-11-14-7-3-2-4-8-14)13-15-9-5-6-10-17(15)18/h2-10,16,19H,11-13H2,1H3. The molecule has 0 radical (unpaired) electrons. The van der Waals surface area contributed by atoms with Gasteiger partial charge in [0.2, 0.25) is 0 Å². The first-order valence-corrected chi connectivity index (χ1v) is 7.12. The molecule has 0 saturated heterocycles. The molecule has 0 aliphatic heterocycles. The lowest BCUT2D eigenvalue weighted by Gasteiger charge is -2.17. The Morgan fingerprint density at radius 3 is 2.37 bits per heavy atom. The molecule has 1 atom stereocenters. The van der Waals surface area contributed by atoms with Crippen molar-refractivity contribution in [2.75, 3.05) is 7.05 Å². The Hall–Kier alpha value is -1.31. The van der Waals surface area contributed by atoms with Crippen molar-refractivity contribution in [3.05, 3.63) is 70.7 Å². The monoisotopic (exact) mass is 273 g/mol. The van der Waals surface area contributed by atoms with E-state index < -0.39 is 0 Å². The van der Waals surface area contributed by atoms with Gasteiger partial charge in [0.15, 0.2) is 0 Å². The Morgan fingerprint density at radius 1 is 1.00 bits per heavy atom. The number of benzene rings is 2. The summed E-state index contributed by atoms with van der Waals surface area (Å²) in [6.07, 6.45) is 3.19. The van der Waals surface area contributed by atoms with Gasteiger partial charge in [0.25, 0.3) is 0 Å². The summed E-state index contributed by atoms with van der Waals surface area (Å²) in [4.78, 5) is 0. The van der Waals surface area contributed by atoms with Crippen LogP contribution >= 0.6 is 11.6 Å². The van der Waals surface area contributed by atoms with Crippen molar-refractivity contribution in [1.29, 1.82) is 0 Å². The quantitative estimate of drug-likeness (QED) is 0.835. The molecule has 1 unspecified atom stereocenters. The summed E-state index contributed by atoms with van der Waals surface area (Å²) in [6.45, 7) is 0. The first kappa shape index (κ1) is 14.1. The Labute approximate surface area is 120 Å². The molecule has 0 bridgehead atoms. The van der Waals surface area contributed by atoms with Gasteiger partial charge in [-0.25, -0.2) is 0 Å². The highest BCUT2D eigenvalue weighted by Crippen LogP contribution is 2.18. The number of likely N-dealkylation sites (N-methyl/N-ethyl adjacent to an activating group) is 1. The van der Waals surface area contributed by atoms with Crippen molar-refractivity contribution in [2.45, 2.75) is 25.3 Å². The smallest absolute Gasteiger partial charge is 0.0438 e. The molecule has 100 valence electrons. The lowest BCUT2D eigenvalue weighted by molar-refractivity contribution is 0.520. The molecule has 2 rings (SSSR count). The molecule has 0 spiro atoms. The van der Waals surface area contributed by atoms with Crippen molar-refractivity contribution >= 4 is 11.6 Å². The summed E-state index contributed by atoms with van der Waals surface area (Å²) in [5.41, 5.74) is 2.61. The van der Waals surface area contributed by atoms with Crippen LogP contribution in [0.2, 0.25) is 5.02 Å². The first-order valence-electron chi connectivity index (χ1n) is 6.74. The minimum absolute atomic E-state index is 0.458. The summed E-state index contributed by atoms with van der Waals surface area (Å²) in [5.74, 6) is 0. The number of hydrogen-bond donors (Lipinski definition) is 1. The van der Waals surface area contributed by atoms with E-state index in [4.69, 9.17) is 11.6 Å². The zero-order valence-corrected chi connectivity index (χ0v) is 12.0. The van der Waals surface area contributed by atoms with Crippen molar-refractivity contribution in [3.63, 3.8) is 0 Å². The molecule has 2 aromatic rings. The molecule has 0 fully saturated rings. The predicted molar refractivity (Wildman–Crippen MR) is 82.8 cm³/mol. The Kier molecular flexibility index (Phi) is 5.44. The highest BCUT2D eigenvalue weighted by molar-refractivity contribution is 6.31. The third kappa shape index (κ3) is 4.38. The minimum Gasteiger partial charge on any atom is -0.317 e. The normalized spacial score (nSPS) is 12.3. The van der Waals surface area contributed by atoms with Crippen LogP contribution in [0.15, 0.2) is 54.6 Å². The maximum Gasteiger partial charge on any atom is 0.0438 e. The SMILES string of the molecule is CNC(CCc1ccccc1)Cc1ccccc1Cl. The van der Waals surface area contributed by atoms with Gasteiger partial charge in [-0.1, -0.05) is 60.1 Å². The maximum atomic E-state index is 6.21. The van der Waals surface area contributed by atoms with E-state index in [0.29, 0.717) is 6.04 Å². The fourth-order valence-electron chi connectivity index (χ4n) is 2.26. The van der Waals surface area contributed by atoms with E-state index in [1.807, 2.05) is 25.2 Å². The Bertz CT molecular complexity index is 496. The molecule has 0 aliphatic carbocycles. The number of halogens is 1. The van der Waals surface area contributed by atoms with Crippen LogP contribution in [0, 0.1) is 0 Å². The fourth-order valence-corrected chi connectivity index (χ4v) is 2.48. The molecule has 2 aromatic carbocycles. The highest BCUT2D eigenvalue weighted by Gasteiger charge is 2.09. The van der Waals surface area contributed by atoms with Crippen molar-refractivity contribution in [2.24, 2.45) is 0 Å². The molecule has 0 heterocycles. The Morgan fingerprint density at radius 2 is 1.68 bits per heavy atom. The van der Waals surface area contributed by atoms with Gasteiger partial charge in [0, 0.05) is 11.1 Å². The van der Waals surface area contributed by atoms with Gasteiger partial charge in [0.1, 0.15) is 0 Å². The average Bonchev–Trinajstić information content (AvgIpc) is 2.46. The minimum atomic E-state index is 0.458. The van der Waals surface area contributed by atoms with Crippen LogP contribution in [0.4, 0.5) is 0 Å². The summed E-state index contributed by atoms with van der Waals surface area (Å²) >= 11 is 6.21. The molecule has 19 heavy (non-hydrogen) atoms. The van der Waals surface area contributed by atoms with Crippen LogP contribution in [0.5, 0.6) is 0 Å². The Balaban J connectivity index is 1.92. The van der Waals surface area contributed by atoms with Crippen molar-refractivity contribution in [1.82, 2.24) is 5.32 Å². The van der Waals surface area contributed by atoms with Gasteiger partial charge in [-0.3, -0.25) is 0 Å². The van der Waals surface area contributed by atoms with E-state index in [2.05, 4.69) is 41.7 Å². The second-order valence-corrected chi connectivity index (χ2v) is 5.21. The third-order valence-corrected chi connectivity index (χ3v) is 3.83. The molecule has 0 aromatic heterocycles. The zero-order valence-electron chi connectivity index (χ0n) is 11.3. The predicted octanol–water partition coefficient (Wildman–Crippen LogP) is 4.10. The van der Waals surface area contributed by atoms with Gasteiger partial charge < -0.3 is 5.32 Å². The summed E-state index contributed by atoms with van der Waals surface area (Å²) in [6, 6.07) is 19.2. The van der Waals surface area contributed by atoms with Gasteiger partial charge in [-0.15, -0.1) is 0 Å². The second-order valence-electron chi connectivity index (χ2n) is 4.81. The number of nitrogens with one attached hydrogen (secondary N) is 1. The van der Waals surface area contributed by atoms with Crippen LogP contribution in [0.3, 0.4) is 0 Å². The van der Waals surface area contributed by atoms with Gasteiger partial charge in [-0.2, -0.15) is 0 Å². The molecule has 1 nitrogen and oxygen atoms in total. The van der Waals surface area contributed by atoms with Crippen LogP contribution in [0.1, 0.15) is 17.5 Å². The first-order chi connectivity index (χ1) is 9.29. The van der Waals surface area contributed by atoms with Gasteiger partial charge in [-0.05, 0) is 43.5 Å². The molecule has 1 N–H and O–H groups in total. The van der Waals surface area contributed by atoms with Gasteiger partial charge >= 0.3 is 0 Å². The van der Waals surface area contributed by atoms with Crippen LogP contribution < -0.4 is 5.32 Å². The summed E-state index contributed by atoms with van der Waals surface area (Å²) in [5, 5.41) is 4.25. The van der Waals surface area contributed by atoms with E-state index in [0.717, 1.165) is 24.3 Å². The lowest BCUT2D eigenvalue weighted by atomic mass is 9.99. The lowest BCUT2D eigenvalue weighted by Crippen LogP contribution is -2.28. The fraction of sp³-hybridized carbons (Fsp3) is 0.294. The van der Waals surface area contributed by atoms with E-state index in [9.17, 15) is 0 Å². The van der Waals surface area contributed by atoms with E-state index in [1.165, 1.54) is 11.1 Å².